The van der Waals surface area contributed by atoms with E-state index in [1.54, 1.807) is 6.07 Å². The van der Waals surface area contributed by atoms with Crippen LogP contribution in [0.3, 0.4) is 0 Å². The molecule has 0 aliphatic rings. The molecule has 3 N–H and O–H groups in total. The summed E-state index contributed by atoms with van der Waals surface area (Å²) in [5.74, 6) is -0.175. The van der Waals surface area contributed by atoms with Gasteiger partial charge in [-0.05, 0) is 17.2 Å². The van der Waals surface area contributed by atoms with Gasteiger partial charge in [0.15, 0.2) is 0 Å². The maximum atomic E-state index is 12.8. The molecule has 4 heteroatoms. The summed E-state index contributed by atoms with van der Waals surface area (Å²) in [7, 11) is 0. The number of carbonyl (C=O) groups excluding carboxylic acids is 1. The fraction of sp³-hybridized carbons (Fsp3) is 0.0556. The molecule has 1 heterocycles. The predicted molar refractivity (Wildman–Crippen MR) is 85.6 cm³/mol. The first kappa shape index (κ1) is 14.1. The lowest BCUT2D eigenvalue weighted by Gasteiger charge is -2.11. The van der Waals surface area contributed by atoms with Gasteiger partial charge in [0.2, 0.25) is 0 Å². The van der Waals surface area contributed by atoms with Crippen molar-refractivity contribution >= 4 is 5.91 Å². The molecule has 0 unspecified atom stereocenters. The minimum atomic E-state index is -0.208. The minimum absolute atomic E-state index is 0.0333. The molecule has 0 fully saturated rings. The maximum Gasteiger partial charge on any atom is 0.262 e. The molecule has 0 aliphatic carbocycles. The second-order valence-electron chi connectivity index (χ2n) is 4.98. The molecule has 0 aliphatic heterocycles. The molecule has 0 saturated heterocycles. The van der Waals surface area contributed by atoms with Crippen LogP contribution < -0.4 is 5.73 Å². The van der Waals surface area contributed by atoms with Crippen molar-refractivity contribution in [2.45, 2.75) is 6.54 Å². The van der Waals surface area contributed by atoms with Gasteiger partial charge in [-0.3, -0.25) is 9.36 Å². The van der Waals surface area contributed by atoms with E-state index in [-0.39, 0.29) is 18.2 Å². The van der Waals surface area contributed by atoms with Gasteiger partial charge in [0.1, 0.15) is 5.75 Å². The summed E-state index contributed by atoms with van der Waals surface area (Å²) >= 11 is 0. The zero-order valence-corrected chi connectivity index (χ0v) is 11.9. The Morgan fingerprint density at radius 1 is 1.05 bits per heavy atom. The zero-order chi connectivity index (χ0) is 15.5. The molecule has 0 spiro atoms. The van der Waals surface area contributed by atoms with Crippen LogP contribution in [-0.2, 0) is 6.54 Å². The fourth-order valence-electron chi connectivity index (χ4n) is 2.51. The van der Waals surface area contributed by atoms with Crippen LogP contribution in [0.4, 0.5) is 0 Å². The summed E-state index contributed by atoms with van der Waals surface area (Å²) in [4.78, 5) is 12.8. The standard InChI is InChI=1S/C18H16N2O2/c19-11-14-10-15(21)12-20(14)18(22)17-9-5-4-8-16(17)13-6-2-1-3-7-13/h1-10,12,21H,11,19H2. The van der Waals surface area contributed by atoms with Crippen LogP contribution in [0.1, 0.15) is 16.1 Å². The average molecular weight is 292 g/mol. The SMILES string of the molecule is NCc1cc(O)cn1C(=O)c1ccccc1-c1ccccc1. The molecule has 0 saturated carbocycles. The van der Waals surface area contributed by atoms with E-state index in [2.05, 4.69) is 0 Å². The quantitative estimate of drug-likeness (QED) is 0.779. The number of aromatic nitrogens is 1. The van der Waals surface area contributed by atoms with Gasteiger partial charge < -0.3 is 10.8 Å². The third kappa shape index (κ3) is 2.52. The first-order valence-electron chi connectivity index (χ1n) is 7.00. The highest BCUT2D eigenvalue weighted by Gasteiger charge is 2.17. The Labute approximate surface area is 128 Å². The third-order valence-electron chi connectivity index (χ3n) is 3.56. The predicted octanol–water partition coefficient (Wildman–Crippen LogP) is 3.01. The van der Waals surface area contributed by atoms with Crippen molar-refractivity contribution in [2.75, 3.05) is 0 Å². The number of nitrogens with zero attached hydrogens (tertiary/aromatic N) is 1. The first-order valence-corrected chi connectivity index (χ1v) is 7.00. The summed E-state index contributed by atoms with van der Waals surface area (Å²) in [5, 5.41) is 9.62. The van der Waals surface area contributed by atoms with Crippen LogP contribution in [0.25, 0.3) is 11.1 Å². The molecule has 2 aromatic carbocycles. The van der Waals surface area contributed by atoms with Gasteiger partial charge in [-0.1, -0.05) is 48.5 Å². The maximum absolute atomic E-state index is 12.8. The topological polar surface area (TPSA) is 68.2 Å². The largest absolute Gasteiger partial charge is 0.506 e. The smallest absolute Gasteiger partial charge is 0.262 e. The van der Waals surface area contributed by atoms with Gasteiger partial charge >= 0.3 is 0 Å². The monoisotopic (exact) mass is 292 g/mol. The van der Waals surface area contributed by atoms with E-state index in [1.807, 2.05) is 48.5 Å². The molecule has 110 valence electrons. The van der Waals surface area contributed by atoms with Crippen LogP contribution >= 0.6 is 0 Å². The Kier molecular flexibility index (Phi) is 3.76. The number of nitrogens with two attached hydrogens (primary N) is 1. The second-order valence-corrected chi connectivity index (χ2v) is 4.98. The number of benzene rings is 2. The van der Waals surface area contributed by atoms with E-state index in [0.29, 0.717) is 11.3 Å². The van der Waals surface area contributed by atoms with Gasteiger partial charge in [0.05, 0.1) is 6.20 Å². The van der Waals surface area contributed by atoms with Crippen molar-refractivity contribution in [1.82, 2.24) is 4.57 Å². The van der Waals surface area contributed by atoms with Crippen molar-refractivity contribution in [1.29, 1.82) is 0 Å². The summed E-state index contributed by atoms with van der Waals surface area (Å²) in [6.45, 7) is 0.180. The normalized spacial score (nSPS) is 10.6. The molecular weight excluding hydrogens is 276 g/mol. The van der Waals surface area contributed by atoms with Gasteiger partial charge in [-0.2, -0.15) is 0 Å². The second kappa shape index (κ2) is 5.87. The molecule has 0 amide bonds. The Bertz CT molecular complexity index is 807. The molecule has 3 aromatic rings. The Balaban J connectivity index is 2.11. The van der Waals surface area contributed by atoms with Crippen molar-refractivity contribution in [3.8, 4) is 16.9 Å². The minimum Gasteiger partial charge on any atom is -0.506 e. The molecule has 3 rings (SSSR count). The van der Waals surface area contributed by atoms with E-state index in [1.165, 1.54) is 16.8 Å². The Morgan fingerprint density at radius 2 is 1.73 bits per heavy atom. The lowest BCUT2D eigenvalue weighted by molar-refractivity contribution is 0.0957. The van der Waals surface area contributed by atoms with Gasteiger partial charge in [0.25, 0.3) is 5.91 Å². The number of hydrogen-bond acceptors (Lipinski definition) is 3. The summed E-state index contributed by atoms with van der Waals surface area (Å²) < 4.78 is 1.40. The number of hydrogen-bond donors (Lipinski definition) is 2. The number of rotatable bonds is 3. The van der Waals surface area contributed by atoms with Crippen LogP contribution in [0, 0.1) is 0 Å². The number of aromatic hydroxyl groups is 1. The van der Waals surface area contributed by atoms with Crippen LogP contribution in [0.5, 0.6) is 5.75 Å². The lowest BCUT2D eigenvalue weighted by atomic mass is 9.99. The van der Waals surface area contributed by atoms with Crippen LogP contribution in [0.15, 0.2) is 66.9 Å². The van der Waals surface area contributed by atoms with Crippen molar-refractivity contribution in [3.05, 3.63) is 78.1 Å². The zero-order valence-electron chi connectivity index (χ0n) is 11.9. The summed E-state index contributed by atoms with van der Waals surface area (Å²) in [5.41, 5.74) is 8.61. The molecule has 0 atom stereocenters. The highest BCUT2D eigenvalue weighted by Crippen LogP contribution is 2.25. The van der Waals surface area contributed by atoms with Crippen molar-refractivity contribution in [2.24, 2.45) is 5.73 Å². The molecule has 22 heavy (non-hydrogen) atoms. The van der Waals surface area contributed by atoms with E-state index < -0.39 is 0 Å². The molecule has 1 aromatic heterocycles. The van der Waals surface area contributed by atoms with Crippen LogP contribution in [-0.4, -0.2) is 15.6 Å². The Morgan fingerprint density at radius 3 is 2.45 bits per heavy atom. The Hall–Kier alpha value is -2.85. The lowest BCUT2D eigenvalue weighted by Crippen LogP contribution is -2.16. The highest BCUT2D eigenvalue weighted by molar-refractivity contribution is 6.02. The van der Waals surface area contributed by atoms with E-state index in [0.717, 1.165) is 11.1 Å². The summed E-state index contributed by atoms with van der Waals surface area (Å²) in [6, 6.07) is 18.6. The first-order chi connectivity index (χ1) is 10.7. The highest BCUT2D eigenvalue weighted by atomic mass is 16.3. The number of carbonyl (C=O) groups is 1. The van der Waals surface area contributed by atoms with E-state index in [4.69, 9.17) is 5.73 Å². The van der Waals surface area contributed by atoms with E-state index in [9.17, 15) is 9.90 Å². The van der Waals surface area contributed by atoms with Gasteiger partial charge in [0, 0.05) is 23.9 Å². The fourth-order valence-corrected chi connectivity index (χ4v) is 2.51. The van der Waals surface area contributed by atoms with Crippen molar-refractivity contribution in [3.63, 3.8) is 0 Å². The summed E-state index contributed by atoms with van der Waals surface area (Å²) in [6.07, 6.45) is 1.40. The molecule has 0 radical (unpaired) electrons. The third-order valence-corrected chi connectivity index (χ3v) is 3.56. The van der Waals surface area contributed by atoms with Gasteiger partial charge in [-0.25, -0.2) is 0 Å². The molecular formula is C18H16N2O2. The van der Waals surface area contributed by atoms with Crippen LogP contribution in [0.2, 0.25) is 0 Å². The molecule has 0 bridgehead atoms. The van der Waals surface area contributed by atoms with Crippen molar-refractivity contribution < 1.29 is 9.90 Å². The van der Waals surface area contributed by atoms with Gasteiger partial charge in [-0.15, -0.1) is 0 Å². The molecule has 4 nitrogen and oxygen atoms in total. The average Bonchev–Trinajstić information content (AvgIpc) is 2.96. The van der Waals surface area contributed by atoms with E-state index >= 15 is 0 Å².